The van der Waals surface area contributed by atoms with Crippen LogP contribution in [0.1, 0.15) is 46.5 Å². The number of phenolic OH excluding ortho intramolecular Hbond substituents is 1. The smallest absolute Gasteiger partial charge is 0.244 e. The molecule has 1 aliphatic carbocycles. The number of rotatable bonds is 7. The molecular formula is C24H32BrCl2NO5SSi. The molecule has 1 fully saturated rings. The zero-order chi connectivity index (χ0) is 26.2. The Kier molecular flexibility index (Phi) is 8.95. The van der Waals surface area contributed by atoms with Gasteiger partial charge in [0, 0.05) is 22.7 Å². The molecule has 2 aromatic carbocycles. The molecule has 194 valence electrons. The van der Waals surface area contributed by atoms with E-state index in [1.54, 1.807) is 12.1 Å². The summed E-state index contributed by atoms with van der Waals surface area (Å²) in [5, 5.41) is 11.0. The van der Waals surface area contributed by atoms with Crippen LogP contribution in [0.2, 0.25) is 28.2 Å². The molecule has 6 nitrogen and oxygen atoms in total. The molecule has 0 aromatic heterocycles. The van der Waals surface area contributed by atoms with Crippen molar-refractivity contribution in [1.82, 2.24) is 4.72 Å². The first-order valence-corrected chi connectivity index (χ1v) is 17.4. The van der Waals surface area contributed by atoms with Gasteiger partial charge in [-0.25, -0.2) is 13.1 Å². The number of halogens is 3. The molecule has 35 heavy (non-hydrogen) atoms. The van der Waals surface area contributed by atoms with Crippen LogP contribution in [-0.2, 0) is 14.4 Å². The van der Waals surface area contributed by atoms with Crippen molar-refractivity contribution in [3.05, 3.63) is 44.8 Å². The molecule has 0 radical (unpaired) electrons. The summed E-state index contributed by atoms with van der Waals surface area (Å²) in [6.07, 6.45) is 3.05. The fraction of sp³-hybridized carbons (Fsp3) is 0.500. The van der Waals surface area contributed by atoms with Crippen LogP contribution < -0.4 is 9.46 Å². The van der Waals surface area contributed by atoms with E-state index in [0.717, 1.165) is 12.8 Å². The Hall–Kier alpha value is -0.813. The first-order valence-electron chi connectivity index (χ1n) is 11.4. The normalized spacial score (nSPS) is 19.5. The predicted octanol–water partition coefficient (Wildman–Crippen LogP) is 7.87. The van der Waals surface area contributed by atoms with Crippen molar-refractivity contribution in [2.24, 2.45) is 0 Å². The van der Waals surface area contributed by atoms with Crippen LogP contribution in [-0.4, -0.2) is 34.0 Å². The summed E-state index contributed by atoms with van der Waals surface area (Å²) in [7, 11) is -5.87. The van der Waals surface area contributed by atoms with E-state index >= 15 is 0 Å². The molecule has 0 bridgehead atoms. The summed E-state index contributed by atoms with van der Waals surface area (Å²) in [6.45, 7) is 11.1. The largest absolute Gasteiger partial charge is 0.507 e. The Morgan fingerprint density at radius 3 is 2.17 bits per heavy atom. The number of hydrogen-bond donors (Lipinski definition) is 2. The zero-order valence-electron chi connectivity index (χ0n) is 20.5. The highest BCUT2D eigenvalue weighted by molar-refractivity contribution is 9.10. The Labute approximate surface area is 227 Å². The quantitative estimate of drug-likeness (QED) is 0.306. The number of benzene rings is 2. The molecule has 0 atom stereocenters. The monoisotopic (exact) mass is 623 g/mol. The molecule has 2 aromatic rings. The fourth-order valence-corrected chi connectivity index (χ4v) is 7.82. The molecule has 11 heteroatoms. The van der Waals surface area contributed by atoms with Gasteiger partial charge in [-0.3, -0.25) is 0 Å². The highest BCUT2D eigenvalue weighted by Gasteiger charge is 2.40. The number of aromatic hydroxyl groups is 1. The topological polar surface area (TPSA) is 84.9 Å². The highest BCUT2D eigenvalue weighted by atomic mass is 79.9. The summed E-state index contributed by atoms with van der Waals surface area (Å²) >= 11 is 15.8. The SMILES string of the molecule is CC(C)(C)[Si](C)(C)OC1CCC(NS(=O)(=O)c2cc(Oc3c(Cl)cc(Br)cc3Cl)ccc2O)CC1. The maximum atomic E-state index is 13.1. The average Bonchev–Trinajstić information content (AvgIpc) is 2.72. The summed E-state index contributed by atoms with van der Waals surface area (Å²) in [5.74, 6) is 0.00663. The number of hydrogen-bond acceptors (Lipinski definition) is 5. The zero-order valence-corrected chi connectivity index (χ0v) is 25.4. The predicted molar refractivity (Wildman–Crippen MR) is 147 cm³/mol. The van der Waals surface area contributed by atoms with Crippen LogP contribution in [0.3, 0.4) is 0 Å². The second-order valence-corrected chi connectivity index (χ2v) is 18.6. The minimum atomic E-state index is -3.99. The molecule has 0 spiro atoms. The van der Waals surface area contributed by atoms with E-state index in [1.807, 2.05) is 0 Å². The number of nitrogens with one attached hydrogen (secondary N) is 1. The molecule has 1 aliphatic rings. The van der Waals surface area contributed by atoms with Crippen molar-refractivity contribution in [3.63, 3.8) is 0 Å². The van der Waals surface area contributed by atoms with Gasteiger partial charge in [0.15, 0.2) is 14.1 Å². The van der Waals surface area contributed by atoms with Crippen LogP contribution >= 0.6 is 39.1 Å². The average molecular weight is 625 g/mol. The van der Waals surface area contributed by atoms with Gasteiger partial charge >= 0.3 is 0 Å². The lowest BCUT2D eigenvalue weighted by Gasteiger charge is -2.41. The third-order valence-corrected chi connectivity index (χ3v) is 13.8. The van der Waals surface area contributed by atoms with Crippen LogP contribution in [0.15, 0.2) is 39.7 Å². The van der Waals surface area contributed by atoms with Crippen molar-refractivity contribution in [2.75, 3.05) is 0 Å². The molecule has 2 N–H and O–H groups in total. The number of ether oxygens (including phenoxy) is 1. The minimum absolute atomic E-state index is 0.126. The van der Waals surface area contributed by atoms with E-state index in [9.17, 15) is 13.5 Å². The third-order valence-electron chi connectivity index (χ3n) is 6.67. The summed E-state index contributed by atoms with van der Waals surface area (Å²) < 4.78 is 42.0. The summed E-state index contributed by atoms with van der Waals surface area (Å²) in [5.41, 5.74) is 0. The second kappa shape index (κ2) is 10.9. The van der Waals surface area contributed by atoms with Crippen molar-refractivity contribution in [1.29, 1.82) is 0 Å². The molecule has 3 rings (SSSR count). The van der Waals surface area contributed by atoms with Gasteiger partial charge in [0.2, 0.25) is 10.0 Å². The minimum Gasteiger partial charge on any atom is -0.507 e. The van der Waals surface area contributed by atoms with Gasteiger partial charge in [-0.1, -0.05) is 59.9 Å². The Morgan fingerprint density at radius 2 is 1.63 bits per heavy atom. The van der Waals surface area contributed by atoms with E-state index in [-0.39, 0.29) is 49.4 Å². The van der Waals surface area contributed by atoms with E-state index in [4.69, 9.17) is 32.4 Å². The maximum absolute atomic E-state index is 13.1. The lowest BCUT2D eigenvalue weighted by molar-refractivity contribution is 0.128. The van der Waals surface area contributed by atoms with E-state index in [1.165, 1.54) is 18.2 Å². The number of phenols is 1. The number of sulfonamides is 1. The van der Waals surface area contributed by atoms with E-state index < -0.39 is 18.3 Å². The van der Waals surface area contributed by atoms with Gasteiger partial charge < -0.3 is 14.3 Å². The van der Waals surface area contributed by atoms with Crippen LogP contribution in [0.5, 0.6) is 17.2 Å². The fourth-order valence-electron chi connectivity index (χ4n) is 3.69. The van der Waals surface area contributed by atoms with Gasteiger partial charge in [-0.2, -0.15) is 0 Å². The van der Waals surface area contributed by atoms with Gasteiger partial charge in [0.1, 0.15) is 16.4 Å². The van der Waals surface area contributed by atoms with Gasteiger partial charge in [0.25, 0.3) is 0 Å². The van der Waals surface area contributed by atoms with Crippen LogP contribution in [0, 0.1) is 0 Å². The van der Waals surface area contributed by atoms with Crippen molar-refractivity contribution >= 4 is 57.5 Å². The molecule has 0 heterocycles. The van der Waals surface area contributed by atoms with E-state index in [0.29, 0.717) is 17.3 Å². The Bertz CT molecular complexity index is 1160. The standard InChI is InChI=1S/C24H32BrCl2NO5SSi/c1-24(2,3)35(4,5)33-17-8-6-16(7-9-17)28-34(30,31)22-14-18(10-11-21(22)29)32-23-19(26)12-15(25)13-20(23)27/h10-14,16-17,28-29H,6-9H2,1-5H3. The van der Waals surface area contributed by atoms with Crippen molar-refractivity contribution in [3.8, 4) is 17.2 Å². The van der Waals surface area contributed by atoms with E-state index in [2.05, 4.69) is 54.5 Å². The molecule has 1 saturated carbocycles. The Balaban J connectivity index is 1.70. The molecular weight excluding hydrogens is 593 g/mol. The van der Waals surface area contributed by atoms with Gasteiger partial charge in [-0.15, -0.1) is 0 Å². The molecule has 0 aliphatic heterocycles. The lowest BCUT2D eigenvalue weighted by Crippen LogP contribution is -2.46. The van der Waals surface area contributed by atoms with Crippen molar-refractivity contribution in [2.45, 2.75) is 81.6 Å². The maximum Gasteiger partial charge on any atom is 0.244 e. The lowest BCUT2D eigenvalue weighted by atomic mass is 9.94. The molecule has 0 unspecified atom stereocenters. The second-order valence-electron chi connectivity index (χ2n) is 10.4. The van der Waals surface area contributed by atoms with Gasteiger partial charge in [-0.05, 0) is 68.1 Å². The Morgan fingerprint density at radius 1 is 1.06 bits per heavy atom. The van der Waals surface area contributed by atoms with Crippen LogP contribution in [0.25, 0.3) is 0 Å². The summed E-state index contributed by atoms with van der Waals surface area (Å²) in [4.78, 5) is -0.265. The highest BCUT2D eigenvalue weighted by Crippen LogP contribution is 2.41. The van der Waals surface area contributed by atoms with Gasteiger partial charge in [0.05, 0.1) is 10.0 Å². The molecule has 0 saturated heterocycles. The van der Waals surface area contributed by atoms with Crippen LogP contribution in [0.4, 0.5) is 0 Å². The first kappa shape index (κ1) is 28.8. The first-order chi connectivity index (χ1) is 16.1. The molecule has 0 amide bonds. The third kappa shape index (κ3) is 7.15. The van der Waals surface area contributed by atoms with Crippen molar-refractivity contribution < 1.29 is 22.7 Å². The summed E-state index contributed by atoms with van der Waals surface area (Å²) in [6, 6.07) is 6.99.